The third-order valence-electron chi connectivity index (χ3n) is 6.07. The second-order valence-electron chi connectivity index (χ2n) is 9.22. The Balaban J connectivity index is 1.70. The van der Waals surface area contributed by atoms with E-state index in [2.05, 4.69) is 25.2 Å². The van der Waals surface area contributed by atoms with Crippen LogP contribution in [0.3, 0.4) is 0 Å². The van der Waals surface area contributed by atoms with Gasteiger partial charge in [0.05, 0.1) is 42.3 Å². The molecule has 39 heavy (non-hydrogen) atoms. The van der Waals surface area contributed by atoms with Gasteiger partial charge in [-0.1, -0.05) is 0 Å². The molecule has 0 spiro atoms. The van der Waals surface area contributed by atoms with Crippen molar-refractivity contribution >= 4 is 34.0 Å². The van der Waals surface area contributed by atoms with Crippen LogP contribution in [0.25, 0.3) is 22.6 Å². The molecule has 0 saturated heterocycles. The summed E-state index contributed by atoms with van der Waals surface area (Å²) in [5, 5.41) is 3.08. The number of ether oxygens (including phenoxy) is 2. The smallest absolute Gasteiger partial charge is 0.406 e. The van der Waals surface area contributed by atoms with Gasteiger partial charge >= 0.3 is 6.18 Å². The van der Waals surface area contributed by atoms with E-state index >= 15 is 0 Å². The molecule has 2 heterocycles. The van der Waals surface area contributed by atoms with E-state index in [0.717, 1.165) is 23.3 Å². The molecule has 0 aliphatic carbocycles. The average Bonchev–Trinajstić information content (AvgIpc) is 3.23. The van der Waals surface area contributed by atoms with Gasteiger partial charge < -0.3 is 34.9 Å². The number of halogens is 3. The number of nitrogens with two attached hydrogens (primary N) is 1. The molecule has 208 valence electrons. The molecule has 13 heteroatoms. The van der Waals surface area contributed by atoms with Crippen LogP contribution in [0.2, 0.25) is 0 Å². The molecule has 2 aromatic carbocycles. The minimum Gasteiger partial charge on any atom is -0.497 e. The number of hydrogen-bond acceptors (Lipinski definition) is 9. The van der Waals surface area contributed by atoms with Gasteiger partial charge in [0.1, 0.15) is 23.7 Å². The number of methoxy groups -OCH3 is 2. The van der Waals surface area contributed by atoms with E-state index in [-0.39, 0.29) is 23.0 Å². The lowest BCUT2D eigenvalue weighted by Gasteiger charge is -2.24. The number of benzene rings is 2. The van der Waals surface area contributed by atoms with E-state index in [4.69, 9.17) is 15.2 Å². The molecule has 0 unspecified atom stereocenters. The van der Waals surface area contributed by atoms with Crippen molar-refractivity contribution in [3.63, 3.8) is 0 Å². The van der Waals surface area contributed by atoms with Crippen molar-refractivity contribution in [2.75, 3.05) is 64.4 Å². The van der Waals surface area contributed by atoms with Crippen LogP contribution in [0.5, 0.6) is 11.5 Å². The Kier molecular flexibility index (Phi) is 8.00. The zero-order chi connectivity index (χ0) is 28.3. The summed E-state index contributed by atoms with van der Waals surface area (Å²) in [5.41, 5.74) is 9.03. The number of fused-ring (bicyclic) bond motifs is 1. The molecule has 0 saturated carbocycles. The summed E-state index contributed by atoms with van der Waals surface area (Å²) >= 11 is 0. The van der Waals surface area contributed by atoms with Gasteiger partial charge in [-0.3, -0.25) is 0 Å². The van der Waals surface area contributed by atoms with E-state index in [1.807, 2.05) is 32.1 Å². The fourth-order valence-electron chi connectivity index (χ4n) is 4.08. The second kappa shape index (κ2) is 11.2. The molecule has 0 aliphatic rings. The molecule has 0 amide bonds. The number of hydrogen-bond donors (Lipinski definition) is 2. The number of aromatic nitrogens is 4. The van der Waals surface area contributed by atoms with Crippen LogP contribution in [-0.2, 0) is 6.54 Å². The predicted molar refractivity (Wildman–Crippen MR) is 146 cm³/mol. The van der Waals surface area contributed by atoms with E-state index < -0.39 is 12.7 Å². The standard InChI is InChI=1S/C26H31F3N8O2/c1-35(2)10-11-36(3)21-14-23(39-5)20(13-17(21)30)34-25-31-9-8-19(33-25)24-32-18-7-6-16(38-4)12-22(18)37(24)15-26(27,28)29/h6-9,12-14H,10-11,15,30H2,1-5H3,(H,31,33,34). The van der Waals surface area contributed by atoms with Crippen LogP contribution in [0.4, 0.5) is 36.2 Å². The van der Waals surface area contributed by atoms with E-state index in [1.165, 1.54) is 32.5 Å². The monoisotopic (exact) mass is 544 g/mol. The Morgan fingerprint density at radius 2 is 1.77 bits per heavy atom. The van der Waals surface area contributed by atoms with Crippen molar-refractivity contribution in [1.29, 1.82) is 0 Å². The van der Waals surface area contributed by atoms with Gasteiger partial charge in [-0.25, -0.2) is 15.0 Å². The largest absolute Gasteiger partial charge is 0.497 e. The Bertz CT molecular complexity index is 1460. The molecule has 10 nitrogen and oxygen atoms in total. The summed E-state index contributed by atoms with van der Waals surface area (Å²) in [6.45, 7) is 0.347. The van der Waals surface area contributed by atoms with Crippen molar-refractivity contribution in [2.45, 2.75) is 12.7 Å². The quantitative estimate of drug-likeness (QED) is 0.281. The van der Waals surface area contributed by atoms with E-state index in [0.29, 0.717) is 28.4 Å². The van der Waals surface area contributed by atoms with Gasteiger partial charge in [0, 0.05) is 38.5 Å². The molecular weight excluding hydrogens is 513 g/mol. The Hall–Kier alpha value is -4.26. The summed E-state index contributed by atoms with van der Waals surface area (Å²) in [5.74, 6) is 1.11. The lowest BCUT2D eigenvalue weighted by Crippen LogP contribution is -2.29. The Morgan fingerprint density at radius 3 is 2.44 bits per heavy atom. The first kappa shape index (κ1) is 27.8. The summed E-state index contributed by atoms with van der Waals surface area (Å²) in [4.78, 5) is 17.2. The number of nitrogens with one attached hydrogen (secondary N) is 1. The number of rotatable bonds is 10. The zero-order valence-electron chi connectivity index (χ0n) is 22.4. The molecule has 0 aliphatic heterocycles. The highest BCUT2D eigenvalue weighted by atomic mass is 19.4. The third kappa shape index (κ3) is 6.42. The van der Waals surface area contributed by atoms with Crippen LogP contribution in [0, 0.1) is 0 Å². The number of likely N-dealkylation sites (N-methyl/N-ethyl adjacent to an activating group) is 2. The first-order valence-corrected chi connectivity index (χ1v) is 12.0. The molecule has 0 radical (unpaired) electrons. The fourth-order valence-corrected chi connectivity index (χ4v) is 4.08. The number of anilines is 4. The maximum absolute atomic E-state index is 13.5. The van der Waals surface area contributed by atoms with Crippen LogP contribution in [-0.4, -0.2) is 79.0 Å². The Labute approximate surface area is 224 Å². The summed E-state index contributed by atoms with van der Waals surface area (Å²) in [6.07, 6.45) is -3.03. The first-order chi connectivity index (χ1) is 18.5. The van der Waals surface area contributed by atoms with Crippen LogP contribution >= 0.6 is 0 Å². The Morgan fingerprint density at radius 1 is 1.00 bits per heavy atom. The van der Waals surface area contributed by atoms with Crippen molar-refractivity contribution in [1.82, 2.24) is 24.4 Å². The SMILES string of the molecule is COc1ccc2nc(-c3ccnc(Nc4cc(N)c(N(C)CCN(C)C)cc4OC)n3)n(CC(F)(F)F)c2c1. The van der Waals surface area contributed by atoms with Gasteiger partial charge in [0.15, 0.2) is 5.82 Å². The number of alkyl halides is 3. The maximum atomic E-state index is 13.5. The number of imidazole rings is 1. The summed E-state index contributed by atoms with van der Waals surface area (Å²) < 4.78 is 52.4. The van der Waals surface area contributed by atoms with Crippen molar-refractivity contribution in [3.05, 3.63) is 42.6 Å². The summed E-state index contributed by atoms with van der Waals surface area (Å²) in [7, 11) is 8.91. The van der Waals surface area contributed by atoms with Crippen molar-refractivity contribution < 1.29 is 22.6 Å². The lowest BCUT2D eigenvalue weighted by atomic mass is 10.2. The molecule has 0 atom stereocenters. The highest BCUT2D eigenvalue weighted by Crippen LogP contribution is 2.36. The third-order valence-corrected chi connectivity index (χ3v) is 6.07. The topological polar surface area (TPSA) is 107 Å². The van der Waals surface area contributed by atoms with Gasteiger partial charge in [-0.2, -0.15) is 13.2 Å². The molecule has 0 bridgehead atoms. The normalized spacial score (nSPS) is 11.7. The predicted octanol–water partition coefficient (Wildman–Crippen LogP) is 4.40. The highest BCUT2D eigenvalue weighted by Gasteiger charge is 2.31. The number of nitrogens with zero attached hydrogens (tertiary/aromatic N) is 6. The minimum absolute atomic E-state index is 0.0466. The van der Waals surface area contributed by atoms with Gasteiger partial charge in [-0.15, -0.1) is 0 Å². The van der Waals surface area contributed by atoms with E-state index in [1.54, 1.807) is 18.2 Å². The minimum atomic E-state index is -4.48. The maximum Gasteiger partial charge on any atom is 0.406 e. The van der Waals surface area contributed by atoms with Crippen LogP contribution < -0.4 is 25.4 Å². The first-order valence-electron chi connectivity index (χ1n) is 12.0. The van der Waals surface area contributed by atoms with Crippen molar-refractivity contribution in [3.8, 4) is 23.0 Å². The van der Waals surface area contributed by atoms with Gasteiger partial charge in [0.25, 0.3) is 0 Å². The second-order valence-corrected chi connectivity index (χ2v) is 9.22. The van der Waals surface area contributed by atoms with Gasteiger partial charge in [-0.05, 0) is 38.4 Å². The molecule has 2 aromatic heterocycles. The fraction of sp³-hybridized carbons (Fsp3) is 0.346. The lowest BCUT2D eigenvalue weighted by molar-refractivity contribution is -0.139. The molecule has 3 N–H and O–H groups in total. The average molecular weight is 545 g/mol. The summed E-state index contributed by atoms with van der Waals surface area (Å²) in [6, 6.07) is 9.79. The van der Waals surface area contributed by atoms with E-state index in [9.17, 15) is 13.2 Å². The highest BCUT2D eigenvalue weighted by molar-refractivity contribution is 5.82. The molecule has 4 aromatic rings. The number of nitrogen functional groups attached to an aromatic ring is 1. The molecule has 0 fully saturated rings. The van der Waals surface area contributed by atoms with Crippen LogP contribution in [0.1, 0.15) is 0 Å². The molecular formula is C26H31F3N8O2. The molecule has 4 rings (SSSR count). The van der Waals surface area contributed by atoms with Crippen molar-refractivity contribution in [2.24, 2.45) is 0 Å². The van der Waals surface area contributed by atoms with Gasteiger partial charge in [0.2, 0.25) is 5.95 Å². The zero-order valence-corrected chi connectivity index (χ0v) is 22.4. The van der Waals surface area contributed by atoms with Crippen LogP contribution in [0.15, 0.2) is 42.6 Å².